The molecule has 0 radical (unpaired) electrons. The standard InChI is InChI=1S/C12H20N2O4/c1-13-4-3-8(5-13)11(15)14(2)10-7-18-6-9(10)12(16)17/h8-10H,3-7H2,1-2H3,(H,16,17). The van der Waals surface area contributed by atoms with E-state index < -0.39 is 11.9 Å². The highest BCUT2D eigenvalue weighted by molar-refractivity contribution is 5.81. The molecule has 0 aromatic carbocycles. The lowest BCUT2D eigenvalue weighted by molar-refractivity contribution is -0.145. The van der Waals surface area contributed by atoms with E-state index >= 15 is 0 Å². The molecule has 3 unspecified atom stereocenters. The van der Waals surface area contributed by atoms with Crippen molar-refractivity contribution in [3.05, 3.63) is 0 Å². The highest BCUT2D eigenvalue weighted by Gasteiger charge is 2.40. The van der Waals surface area contributed by atoms with Gasteiger partial charge in [0.2, 0.25) is 5.91 Å². The first-order valence-electron chi connectivity index (χ1n) is 6.26. The lowest BCUT2D eigenvalue weighted by atomic mass is 10.00. The fourth-order valence-corrected chi connectivity index (χ4v) is 2.75. The van der Waals surface area contributed by atoms with Crippen molar-refractivity contribution in [2.45, 2.75) is 12.5 Å². The van der Waals surface area contributed by atoms with E-state index in [9.17, 15) is 9.59 Å². The normalized spacial score (nSPS) is 32.7. The minimum Gasteiger partial charge on any atom is -0.481 e. The number of ether oxygens (including phenoxy) is 1. The summed E-state index contributed by atoms with van der Waals surface area (Å²) in [5, 5.41) is 9.10. The number of rotatable bonds is 3. The molecule has 2 aliphatic rings. The average molecular weight is 256 g/mol. The fourth-order valence-electron chi connectivity index (χ4n) is 2.75. The minimum absolute atomic E-state index is 0.00459. The first-order chi connectivity index (χ1) is 8.50. The zero-order valence-electron chi connectivity index (χ0n) is 10.8. The molecule has 0 aliphatic carbocycles. The molecule has 2 aliphatic heterocycles. The quantitative estimate of drug-likeness (QED) is 0.737. The number of hydrogen-bond donors (Lipinski definition) is 1. The summed E-state index contributed by atoms with van der Waals surface area (Å²) in [4.78, 5) is 27.1. The van der Waals surface area contributed by atoms with Gasteiger partial charge in [-0.05, 0) is 20.0 Å². The summed E-state index contributed by atoms with van der Waals surface area (Å²) >= 11 is 0. The third-order valence-electron chi connectivity index (χ3n) is 3.95. The van der Waals surface area contributed by atoms with Crippen molar-refractivity contribution in [3.8, 4) is 0 Å². The van der Waals surface area contributed by atoms with Crippen LogP contribution in [0.5, 0.6) is 0 Å². The summed E-state index contributed by atoms with van der Waals surface area (Å²) in [6, 6.07) is -0.332. The molecule has 6 nitrogen and oxygen atoms in total. The molecule has 0 aromatic rings. The highest BCUT2D eigenvalue weighted by atomic mass is 16.5. The Bertz CT molecular complexity index is 347. The van der Waals surface area contributed by atoms with Crippen molar-refractivity contribution >= 4 is 11.9 Å². The Morgan fingerprint density at radius 2 is 2.11 bits per heavy atom. The summed E-state index contributed by atoms with van der Waals surface area (Å²) in [6.45, 7) is 2.20. The molecular formula is C12H20N2O4. The number of aliphatic carboxylic acids is 1. The minimum atomic E-state index is -0.888. The summed E-state index contributed by atoms with van der Waals surface area (Å²) < 4.78 is 5.20. The van der Waals surface area contributed by atoms with Crippen LogP contribution in [0.4, 0.5) is 0 Å². The molecule has 2 saturated heterocycles. The second-order valence-electron chi connectivity index (χ2n) is 5.25. The molecule has 2 heterocycles. The smallest absolute Gasteiger partial charge is 0.311 e. The van der Waals surface area contributed by atoms with Gasteiger partial charge in [-0.3, -0.25) is 9.59 Å². The number of amides is 1. The Balaban J connectivity index is 2.00. The van der Waals surface area contributed by atoms with Gasteiger partial charge in [-0.1, -0.05) is 0 Å². The highest BCUT2D eigenvalue weighted by Crippen LogP contribution is 2.23. The Hall–Kier alpha value is -1.14. The van der Waals surface area contributed by atoms with Gasteiger partial charge in [0.05, 0.1) is 25.2 Å². The Kier molecular flexibility index (Phi) is 3.87. The molecule has 1 amide bonds. The molecule has 1 N–H and O–H groups in total. The molecule has 18 heavy (non-hydrogen) atoms. The fraction of sp³-hybridized carbons (Fsp3) is 0.833. The van der Waals surface area contributed by atoms with E-state index in [1.165, 1.54) is 0 Å². The number of likely N-dealkylation sites (N-methyl/N-ethyl adjacent to an activating group) is 1. The molecule has 6 heteroatoms. The predicted molar refractivity (Wildman–Crippen MR) is 64.1 cm³/mol. The SMILES string of the molecule is CN1CCC(C(=O)N(C)C2COCC2C(=O)O)C1. The van der Waals surface area contributed by atoms with Crippen LogP contribution in [0.25, 0.3) is 0 Å². The molecule has 0 aromatic heterocycles. The number of carbonyl (C=O) groups is 2. The maximum Gasteiger partial charge on any atom is 0.311 e. The molecule has 0 spiro atoms. The summed E-state index contributed by atoms with van der Waals surface area (Å²) in [5.41, 5.74) is 0. The lowest BCUT2D eigenvalue weighted by Gasteiger charge is -2.28. The maximum absolute atomic E-state index is 12.3. The monoisotopic (exact) mass is 256 g/mol. The van der Waals surface area contributed by atoms with Crippen molar-refractivity contribution in [1.82, 2.24) is 9.80 Å². The second kappa shape index (κ2) is 5.24. The van der Waals surface area contributed by atoms with E-state index in [-0.39, 0.29) is 24.5 Å². The van der Waals surface area contributed by atoms with Gasteiger partial charge in [0.25, 0.3) is 0 Å². The van der Waals surface area contributed by atoms with Crippen molar-refractivity contribution in [2.75, 3.05) is 40.4 Å². The Morgan fingerprint density at radius 1 is 1.39 bits per heavy atom. The van der Waals surface area contributed by atoms with Crippen LogP contribution in [-0.2, 0) is 14.3 Å². The van der Waals surface area contributed by atoms with Gasteiger partial charge in [0.15, 0.2) is 0 Å². The molecule has 0 saturated carbocycles. The van der Waals surface area contributed by atoms with Crippen LogP contribution in [0, 0.1) is 11.8 Å². The number of carboxylic acid groups (broad SMARTS) is 1. The number of likely N-dealkylation sites (tertiary alicyclic amines) is 1. The third kappa shape index (κ3) is 2.49. The van der Waals surface area contributed by atoms with Gasteiger partial charge in [0.1, 0.15) is 5.92 Å². The first-order valence-corrected chi connectivity index (χ1v) is 6.26. The van der Waals surface area contributed by atoms with Gasteiger partial charge >= 0.3 is 5.97 Å². The number of carbonyl (C=O) groups excluding carboxylic acids is 1. The van der Waals surface area contributed by atoms with Crippen LogP contribution >= 0.6 is 0 Å². The summed E-state index contributed by atoms with van der Waals surface area (Å²) in [7, 11) is 3.68. The van der Waals surface area contributed by atoms with E-state index in [1.807, 2.05) is 7.05 Å². The van der Waals surface area contributed by atoms with Crippen molar-refractivity contribution in [2.24, 2.45) is 11.8 Å². The number of carboxylic acids is 1. The molecule has 102 valence electrons. The second-order valence-corrected chi connectivity index (χ2v) is 5.25. The van der Waals surface area contributed by atoms with E-state index in [0.29, 0.717) is 6.61 Å². The molecule has 3 atom stereocenters. The van der Waals surface area contributed by atoms with Crippen LogP contribution in [0.15, 0.2) is 0 Å². The Morgan fingerprint density at radius 3 is 2.67 bits per heavy atom. The van der Waals surface area contributed by atoms with Gasteiger partial charge < -0.3 is 19.6 Å². The third-order valence-corrected chi connectivity index (χ3v) is 3.95. The number of nitrogens with zero attached hydrogens (tertiary/aromatic N) is 2. The van der Waals surface area contributed by atoms with Gasteiger partial charge in [-0.15, -0.1) is 0 Å². The molecule has 0 bridgehead atoms. The first kappa shape index (κ1) is 13.3. The summed E-state index contributed by atoms with van der Waals surface area (Å²) in [6.07, 6.45) is 0.852. The van der Waals surface area contributed by atoms with Crippen molar-refractivity contribution in [1.29, 1.82) is 0 Å². The summed E-state index contributed by atoms with van der Waals surface area (Å²) in [5.74, 6) is -1.45. The predicted octanol–water partition coefficient (Wildman–Crippen LogP) is -0.504. The zero-order valence-corrected chi connectivity index (χ0v) is 10.8. The van der Waals surface area contributed by atoms with E-state index in [2.05, 4.69) is 4.90 Å². The Labute approximate surface area is 106 Å². The zero-order chi connectivity index (χ0) is 13.3. The molecule has 2 rings (SSSR count). The molecular weight excluding hydrogens is 236 g/mol. The van der Waals surface area contributed by atoms with Crippen LogP contribution in [-0.4, -0.2) is 73.2 Å². The van der Waals surface area contributed by atoms with Crippen molar-refractivity contribution < 1.29 is 19.4 Å². The molecule has 2 fully saturated rings. The van der Waals surface area contributed by atoms with Crippen LogP contribution in [0.1, 0.15) is 6.42 Å². The van der Waals surface area contributed by atoms with Crippen molar-refractivity contribution in [3.63, 3.8) is 0 Å². The van der Waals surface area contributed by atoms with E-state index in [1.54, 1.807) is 11.9 Å². The van der Waals surface area contributed by atoms with E-state index in [4.69, 9.17) is 9.84 Å². The van der Waals surface area contributed by atoms with Gasteiger partial charge in [-0.25, -0.2) is 0 Å². The van der Waals surface area contributed by atoms with Gasteiger partial charge in [0, 0.05) is 13.6 Å². The van der Waals surface area contributed by atoms with Gasteiger partial charge in [-0.2, -0.15) is 0 Å². The van der Waals surface area contributed by atoms with Crippen LogP contribution < -0.4 is 0 Å². The van der Waals surface area contributed by atoms with Crippen LogP contribution in [0.3, 0.4) is 0 Å². The largest absolute Gasteiger partial charge is 0.481 e. The maximum atomic E-state index is 12.3. The van der Waals surface area contributed by atoms with E-state index in [0.717, 1.165) is 19.5 Å². The lowest BCUT2D eigenvalue weighted by Crippen LogP contribution is -2.46. The number of hydrogen-bond acceptors (Lipinski definition) is 4. The van der Waals surface area contributed by atoms with Crippen LogP contribution in [0.2, 0.25) is 0 Å². The topological polar surface area (TPSA) is 70.1 Å². The average Bonchev–Trinajstić information content (AvgIpc) is 2.95.